The molecular weight excluding hydrogens is 330 g/mol. The molecule has 136 valence electrons. The lowest BCUT2D eigenvalue weighted by molar-refractivity contribution is -0.301. The van der Waals surface area contributed by atoms with E-state index in [1.54, 1.807) is 12.2 Å². The molecule has 0 amide bonds. The molecule has 9 heteroatoms. The maximum atomic E-state index is 9.91. The highest BCUT2D eigenvalue weighted by atomic mass is 16.7. The smallest absolute Gasteiger partial charge is 0.186 e. The molecular formula is C16H21N3O6. The van der Waals surface area contributed by atoms with Gasteiger partial charge in [-0.1, -0.05) is 47.6 Å². The van der Waals surface area contributed by atoms with Gasteiger partial charge in [0.1, 0.15) is 24.4 Å². The van der Waals surface area contributed by atoms with Crippen LogP contribution in [0.25, 0.3) is 16.5 Å². The molecule has 0 spiro atoms. The van der Waals surface area contributed by atoms with Gasteiger partial charge in [-0.25, -0.2) is 0 Å². The van der Waals surface area contributed by atoms with E-state index in [1.807, 2.05) is 30.3 Å². The lowest BCUT2D eigenvalue weighted by Gasteiger charge is -2.39. The predicted molar refractivity (Wildman–Crippen MR) is 88.1 cm³/mol. The Bertz CT molecular complexity index is 605. The number of azide groups is 1. The highest BCUT2D eigenvalue weighted by molar-refractivity contribution is 5.49. The second kappa shape index (κ2) is 9.50. The van der Waals surface area contributed by atoms with Crippen molar-refractivity contribution in [3.8, 4) is 0 Å². The van der Waals surface area contributed by atoms with Crippen molar-refractivity contribution in [2.75, 3.05) is 13.2 Å². The van der Waals surface area contributed by atoms with Crippen LogP contribution in [0, 0.1) is 0 Å². The Labute approximate surface area is 144 Å². The van der Waals surface area contributed by atoms with Crippen LogP contribution in [0.4, 0.5) is 0 Å². The van der Waals surface area contributed by atoms with Crippen molar-refractivity contribution < 1.29 is 29.9 Å². The Kier molecular flexibility index (Phi) is 7.35. The number of ether oxygens (including phenoxy) is 2. The van der Waals surface area contributed by atoms with Gasteiger partial charge in [-0.15, -0.1) is 0 Å². The number of hydrogen-bond donors (Lipinski definition) is 4. The van der Waals surface area contributed by atoms with Gasteiger partial charge in [-0.05, 0) is 11.1 Å². The first-order valence-corrected chi connectivity index (χ1v) is 7.76. The van der Waals surface area contributed by atoms with E-state index >= 15 is 0 Å². The first-order chi connectivity index (χ1) is 12.1. The molecule has 1 fully saturated rings. The molecule has 1 aliphatic heterocycles. The minimum absolute atomic E-state index is 0.115. The summed E-state index contributed by atoms with van der Waals surface area (Å²) in [6, 6.07) is 8.70. The Hall–Kier alpha value is -1.97. The first kappa shape index (κ1) is 19.4. The Morgan fingerprint density at radius 1 is 1.20 bits per heavy atom. The molecule has 1 aromatic rings. The molecule has 1 aromatic carbocycles. The van der Waals surface area contributed by atoms with E-state index in [9.17, 15) is 15.3 Å². The summed E-state index contributed by atoms with van der Waals surface area (Å²) >= 11 is 0. The van der Waals surface area contributed by atoms with Crippen molar-refractivity contribution in [3.05, 3.63) is 52.4 Å². The van der Waals surface area contributed by atoms with E-state index in [4.69, 9.17) is 20.1 Å². The van der Waals surface area contributed by atoms with Gasteiger partial charge >= 0.3 is 0 Å². The molecule has 0 aliphatic carbocycles. The van der Waals surface area contributed by atoms with Crippen LogP contribution in [-0.4, -0.2) is 70.4 Å². The van der Waals surface area contributed by atoms with Crippen LogP contribution >= 0.6 is 0 Å². The molecule has 4 N–H and O–H groups in total. The lowest BCUT2D eigenvalue weighted by atomic mass is 9.99. The fraction of sp³-hybridized carbons (Fsp3) is 0.500. The van der Waals surface area contributed by atoms with Gasteiger partial charge in [0.25, 0.3) is 0 Å². The molecule has 2 rings (SSSR count). The van der Waals surface area contributed by atoms with Gasteiger partial charge in [-0.2, -0.15) is 0 Å². The SMILES string of the molecule is [N-]=[N+]=NC(/C=C/c1ccccc1)CO[C@@H]1O[C@H](CO)[C@@H](O)[C@H](O)[C@H]1O. The van der Waals surface area contributed by atoms with Gasteiger partial charge in [0.15, 0.2) is 6.29 Å². The zero-order valence-electron chi connectivity index (χ0n) is 13.4. The predicted octanol–water partition coefficient (Wildman–Crippen LogP) is 0.195. The van der Waals surface area contributed by atoms with Crippen LogP contribution < -0.4 is 0 Å². The quantitative estimate of drug-likeness (QED) is 0.313. The fourth-order valence-corrected chi connectivity index (χ4v) is 2.38. The van der Waals surface area contributed by atoms with Crippen LogP contribution in [-0.2, 0) is 9.47 Å². The Morgan fingerprint density at radius 3 is 2.56 bits per heavy atom. The minimum Gasteiger partial charge on any atom is -0.394 e. The van der Waals surface area contributed by atoms with Crippen LogP contribution in [0.15, 0.2) is 41.5 Å². The third kappa shape index (κ3) is 5.25. The average molecular weight is 351 g/mol. The topological polar surface area (TPSA) is 148 Å². The minimum atomic E-state index is -1.52. The monoisotopic (exact) mass is 351 g/mol. The fourth-order valence-electron chi connectivity index (χ4n) is 2.38. The molecule has 6 atom stereocenters. The highest BCUT2D eigenvalue weighted by Crippen LogP contribution is 2.22. The van der Waals surface area contributed by atoms with E-state index in [-0.39, 0.29) is 6.61 Å². The third-order valence-electron chi connectivity index (χ3n) is 3.79. The summed E-state index contributed by atoms with van der Waals surface area (Å²) in [5.74, 6) is 0. The molecule has 0 bridgehead atoms. The number of hydrogen-bond acceptors (Lipinski definition) is 7. The second-order valence-corrected chi connectivity index (χ2v) is 5.57. The summed E-state index contributed by atoms with van der Waals surface area (Å²) in [6.07, 6.45) is -3.39. The van der Waals surface area contributed by atoms with Crippen molar-refractivity contribution >= 4 is 6.08 Å². The highest BCUT2D eigenvalue weighted by Gasteiger charge is 2.44. The molecule has 1 aliphatic rings. The van der Waals surface area contributed by atoms with Crippen molar-refractivity contribution in [3.63, 3.8) is 0 Å². The van der Waals surface area contributed by atoms with Crippen LogP contribution in [0.5, 0.6) is 0 Å². The number of rotatable bonds is 7. The van der Waals surface area contributed by atoms with Gasteiger partial charge < -0.3 is 29.9 Å². The van der Waals surface area contributed by atoms with Gasteiger partial charge in [0.2, 0.25) is 0 Å². The third-order valence-corrected chi connectivity index (χ3v) is 3.79. The van der Waals surface area contributed by atoms with Crippen LogP contribution in [0.3, 0.4) is 0 Å². The summed E-state index contributed by atoms with van der Waals surface area (Å²) < 4.78 is 10.6. The molecule has 1 heterocycles. The van der Waals surface area contributed by atoms with E-state index < -0.39 is 43.4 Å². The zero-order valence-corrected chi connectivity index (χ0v) is 13.4. The number of nitrogens with zero attached hydrogens (tertiary/aromatic N) is 3. The molecule has 0 aromatic heterocycles. The van der Waals surface area contributed by atoms with E-state index in [0.29, 0.717) is 0 Å². The maximum absolute atomic E-state index is 9.91. The van der Waals surface area contributed by atoms with Gasteiger partial charge in [-0.3, -0.25) is 0 Å². The maximum Gasteiger partial charge on any atom is 0.186 e. The van der Waals surface area contributed by atoms with Crippen LogP contribution in [0.1, 0.15) is 5.56 Å². The normalized spacial score (nSPS) is 30.8. The number of aliphatic hydroxyl groups is 4. The summed E-state index contributed by atoms with van der Waals surface area (Å²) in [6.45, 7) is -0.658. The largest absolute Gasteiger partial charge is 0.394 e. The summed E-state index contributed by atoms with van der Waals surface area (Å²) in [4.78, 5) is 2.75. The molecule has 1 unspecified atom stereocenters. The summed E-state index contributed by atoms with van der Waals surface area (Å²) in [7, 11) is 0. The summed E-state index contributed by atoms with van der Waals surface area (Å²) in [5.41, 5.74) is 9.57. The Morgan fingerprint density at radius 2 is 1.92 bits per heavy atom. The molecule has 25 heavy (non-hydrogen) atoms. The van der Waals surface area contributed by atoms with Crippen molar-refractivity contribution in [2.24, 2.45) is 5.11 Å². The van der Waals surface area contributed by atoms with E-state index in [0.717, 1.165) is 5.56 Å². The number of aliphatic hydroxyl groups excluding tert-OH is 4. The van der Waals surface area contributed by atoms with Gasteiger partial charge in [0, 0.05) is 4.91 Å². The zero-order chi connectivity index (χ0) is 18.2. The average Bonchev–Trinajstić information content (AvgIpc) is 2.64. The Balaban J connectivity index is 1.98. The second-order valence-electron chi connectivity index (χ2n) is 5.57. The molecule has 1 saturated heterocycles. The molecule has 0 radical (unpaired) electrons. The number of benzene rings is 1. The van der Waals surface area contributed by atoms with Crippen molar-refractivity contribution in [2.45, 2.75) is 36.7 Å². The van der Waals surface area contributed by atoms with Crippen molar-refractivity contribution in [1.82, 2.24) is 0 Å². The van der Waals surface area contributed by atoms with Crippen molar-refractivity contribution in [1.29, 1.82) is 0 Å². The van der Waals surface area contributed by atoms with Crippen LogP contribution in [0.2, 0.25) is 0 Å². The standard InChI is InChI=1S/C16H21N3O6/c17-19-18-11(7-6-10-4-2-1-3-5-10)9-24-16-15(23)14(22)13(21)12(8-20)25-16/h1-7,11-16,20-23H,8-9H2/b7-6+/t11?,12-,13-,14+,15-,16-/m1/s1. The summed E-state index contributed by atoms with van der Waals surface area (Å²) in [5, 5.41) is 42.1. The molecule has 9 nitrogen and oxygen atoms in total. The molecule has 0 saturated carbocycles. The first-order valence-electron chi connectivity index (χ1n) is 7.76. The van der Waals surface area contributed by atoms with Gasteiger partial charge in [0.05, 0.1) is 19.3 Å². The van der Waals surface area contributed by atoms with E-state index in [2.05, 4.69) is 10.0 Å². The van der Waals surface area contributed by atoms with E-state index in [1.165, 1.54) is 0 Å². The lowest BCUT2D eigenvalue weighted by Crippen LogP contribution is -2.59.